The van der Waals surface area contributed by atoms with Gasteiger partial charge >= 0.3 is 0 Å². The van der Waals surface area contributed by atoms with Crippen molar-refractivity contribution in [3.8, 4) is 0 Å². The largest absolute Gasteiger partial charge is 0.366 e. The molecule has 3 rings (SSSR count). The Labute approximate surface area is 133 Å². The maximum atomic E-state index is 12.6. The zero-order valence-electron chi connectivity index (χ0n) is 13.5. The molecule has 0 bridgehead atoms. The number of nitrogens with zero attached hydrogens (tertiary/aromatic N) is 2. The molecule has 0 saturated carbocycles. The third-order valence-corrected chi connectivity index (χ3v) is 4.58. The second kappa shape index (κ2) is 7.25. The first-order valence-corrected chi connectivity index (χ1v) is 8.41. The molecule has 1 atom stereocenters. The molecular weight excluding hydrogens is 276 g/mol. The number of carbonyl (C=O) groups is 1. The molecular formula is C18H26N2O2. The fourth-order valence-corrected chi connectivity index (χ4v) is 3.38. The number of rotatable bonds is 3. The molecule has 1 aromatic rings. The molecule has 120 valence electrons. The summed E-state index contributed by atoms with van der Waals surface area (Å²) in [6.45, 7) is 7.07. The van der Waals surface area contributed by atoms with Crippen molar-refractivity contribution in [3.05, 3.63) is 35.4 Å². The standard InChI is InChI=1S/C18H26N2O2/c1-15-6-5-7-16(12-15)13-19-10-11-22-17(14-19)18(21)20-8-3-2-4-9-20/h5-7,12,17H,2-4,8-11,13-14H2,1H3. The molecule has 1 aromatic carbocycles. The molecule has 1 unspecified atom stereocenters. The van der Waals surface area contributed by atoms with Gasteiger partial charge in [-0.05, 0) is 31.7 Å². The maximum absolute atomic E-state index is 12.6. The van der Waals surface area contributed by atoms with Crippen LogP contribution in [0.3, 0.4) is 0 Å². The van der Waals surface area contributed by atoms with Crippen molar-refractivity contribution in [2.75, 3.05) is 32.8 Å². The molecule has 0 aromatic heterocycles. The highest BCUT2D eigenvalue weighted by Crippen LogP contribution is 2.16. The number of piperidine rings is 1. The third kappa shape index (κ3) is 3.87. The van der Waals surface area contributed by atoms with Crippen LogP contribution in [0.4, 0.5) is 0 Å². The number of aryl methyl sites for hydroxylation is 1. The van der Waals surface area contributed by atoms with Gasteiger partial charge in [-0.3, -0.25) is 9.69 Å². The highest BCUT2D eigenvalue weighted by atomic mass is 16.5. The minimum atomic E-state index is -0.281. The van der Waals surface area contributed by atoms with Crippen LogP contribution in [-0.4, -0.2) is 54.6 Å². The Bertz CT molecular complexity index is 512. The lowest BCUT2D eigenvalue weighted by Gasteiger charge is -2.36. The number of hydrogen-bond acceptors (Lipinski definition) is 3. The second-order valence-electron chi connectivity index (χ2n) is 6.47. The van der Waals surface area contributed by atoms with Crippen molar-refractivity contribution in [1.82, 2.24) is 9.80 Å². The molecule has 0 aliphatic carbocycles. The summed E-state index contributed by atoms with van der Waals surface area (Å²) >= 11 is 0. The summed E-state index contributed by atoms with van der Waals surface area (Å²) in [6, 6.07) is 8.59. The van der Waals surface area contributed by atoms with Gasteiger partial charge in [0.1, 0.15) is 6.10 Å². The molecule has 0 N–H and O–H groups in total. The van der Waals surface area contributed by atoms with Gasteiger partial charge in [0.15, 0.2) is 0 Å². The van der Waals surface area contributed by atoms with E-state index >= 15 is 0 Å². The van der Waals surface area contributed by atoms with Crippen LogP contribution in [-0.2, 0) is 16.1 Å². The average Bonchev–Trinajstić information content (AvgIpc) is 2.55. The van der Waals surface area contributed by atoms with E-state index in [1.807, 2.05) is 4.90 Å². The molecule has 2 aliphatic heterocycles. The Morgan fingerprint density at radius 3 is 2.82 bits per heavy atom. The molecule has 4 nitrogen and oxygen atoms in total. The van der Waals surface area contributed by atoms with E-state index in [2.05, 4.69) is 36.1 Å². The van der Waals surface area contributed by atoms with E-state index < -0.39 is 0 Å². The van der Waals surface area contributed by atoms with Crippen molar-refractivity contribution in [3.63, 3.8) is 0 Å². The number of benzene rings is 1. The van der Waals surface area contributed by atoms with Gasteiger partial charge in [-0.1, -0.05) is 29.8 Å². The Morgan fingerprint density at radius 1 is 1.23 bits per heavy atom. The predicted molar refractivity (Wildman–Crippen MR) is 86.6 cm³/mol. The van der Waals surface area contributed by atoms with Crippen LogP contribution >= 0.6 is 0 Å². The van der Waals surface area contributed by atoms with Gasteiger partial charge in [-0.25, -0.2) is 0 Å². The summed E-state index contributed by atoms with van der Waals surface area (Å²) in [7, 11) is 0. The van der Waals surface area contributed by atoms with Crippen molar-refractivity contribution in [1.29, 1.82) is 0 Å². The van der Waals surface area contributed by atoms with Gasteiger partial charge in [-0.2, -0.15) is 0 Å². The quantitative estimate of drug-likeness (QED) is 0.858. The van der Waals surface area contributed by atoms with Crippen molar-refractivity contribution >= 4 is 5.91 Å². The van der Waals surface area contributed by atoms with E-state index in [0.29, 0.717) is 13.2 Å². The lowest BCUT2D eigenvalue weighted by molar-refractivity contribution is -0.150. The zero-order valence-corrected chi connectivity index (χ0v) is 13.5. The Morgan fingerprint density at radius 2 is 2.05 bits per heavy atom. The van der Waals surface area contributed by atoms with Crippen LogP contribution in [0.5, 0.6) is 0 Å². The topological polar surface area (TPSA) is 32.8 Å². The monoisotopic (exact) mass is 302 g/mol. The predicted octanol–water partition coefficient (Wildman–Crippen LogP) is 2.21. The zero-order chi connectivity index (χ0) is 15.4. The van der Waals surface area contributed by atoms with Crippen LogP contribution in [0.1, 0.15) is 30.4 Å². The number of hydrogen-bond donors (Lipinski definition) is 0. The number of ether oxygens (including phenoxy) is 1. The summed E-state index contributed by atoms with van der Waals surface area (Å²) < 4.78 is 5.75. The lowest BCUT2D eigenvalue weighted by atomic mass is 10.1. The molecule has 2 fully saturated rings. The molecule has 2 saturated heterocycles. The van der Waals surface area contributed by atoms with E-state index in [-0.39, 0.29) is 12.0 Å². The van der Waals surface area contributed by atoms with Gasteiger partial charge in [0.05, 0.1) is 6.61 Å². The fourth-order valence-electron chi connectivity index (χ4n) is 3.38. The molecule has 1 amide bonds. The van der Waals surface area contributed by atoms with Crippen LogP contribution in [0, 0.1) is 6.92 Å². The molecule has 0 spiro atoms. The molecule has 22 heavy (non-hydrogen) atoms. The molecule has 2 heterocycles. The van der Waals surface area contributed by atoms with Gasteiger partial charge in [0.2, 0.25) is 0 Å². The summed E-state index contributed by atoms with van der Waals surface area (Å²) in [5, 5.41) is 0. The highest BCUT2D eigenvalue weighted by Gasteiger charge is 2.30. The van der Waals surface area contributed by atoms with Gasteiger partial charge in [0.25, 0.3) is 5.91 Å². The fraction of sp³-hybridized carbons (Fsp3) is 0.611. The first kappa shape index (κ1) is 15.5. The van der Waals surface area contributed by atoms with Crippen LogP contribution in [0.2, 0.25) is 0 Å². The Hall–Kier alpha value is -1.39. The van der Waals surface area contributed by atoms with E-state index in [4.69, 9.17) is 4.74 Å². The first-order chi connectivity index (χ1) is 10.7. The van der Waals surface area contributed by atoms with Crippen molar-refractivity contribution in [2.45, 2.75) is 38.8 Å². The summed E-state index contributed by atoms with van der Waals surface area (Å²) in [5.41, 5.74) is 2.60. The number of likely N-dealkylation sites (tertiary alicyclic amines) is 1. The van der Waals surface area contributed by atoms with Crippen LogP contribution < -0.4 is 0 Å². The highest BCUT2D eigenvalue weighted by molar-refractivity contribution is 5.81. The lowest BCUT2D eigenvalue weighted by Crippen LogP contribution is -2.51. The van der Waals surface area contributed by atoms with Crippen LogP contribution in [0.25, 0.3) is 0 Å². The summed E-state index contributed by atoms with van der Waals surface area (Å²) in [4.78, 5) is 16.9. The Kier molecular flexibility index (Phi) is 5.11. The first-order valence-electron chi connectivity index (χ1n) is 8.41. The van der Waals surface area contributed by atoms with Crippen molar-refractivity contribution in [2.24, 2.45) is 0 Å². The third-order valence-electron chi connectivity index (χ3n) is 4.58. The number of carbonyl (C=O) groups excluding carboxylic acids is 1. The SMILES string of the molecule is Cc1cccc(CN2CCOC(C(=O)N3CCCCC3)C2)c1. The number of amides is 1. The summed E-state index contributed by atoms with van der Waals surface area (Å²) in [6.07, 6.45) is 3.22. The van der Waals surface area contributed by atoms with E-state index in [0.717, 1.165) is 39.0 Å². The van der Waals surface area contributed by atoms with Crippen molar-refractivity contribution < 1.29 is 9.53 Å². The van der Waals surface area contributed by atoms with Gasteiger partial charge in [0, 0.05) is 32.7 Å². The van der Waals surface area contributed by atoms with E-state index in [1.54, 1.807) is 0 Å². The van der Waals surface area contributed by atoms with Crippen LogP contribution in [0.15, 0.2) is 24.3 Å². The van der Waals surface area contributed by atoms with Gasteiger partial charge in [-0.15, -0.1) is 0 Å². The molecule has 4 heteroatoms. The van der Waals surface area contributed by atoms with E-state index in [9.17, 15) is 4.79 Å². The summed E-state index contributed by atoms with van der Waals surface area (Å²) in [5.74, 6) is 0.189. The Balaban J connectivity index is 1.57. The minimum Gasteiger partial charge on any atom is -0.366 e. The normalized spacial score (nSPS) is 23.5. The minimum absolute atomic E-state index is 0.189. The molecule has 0 radical (unpaired) electrons. The maximum Gasteiger partial charge on any atom is 0.253 e. The smallest absolute Gasteiger partial charge is 0.253 e. The number of morpholine rings is 1. The second-order valence-corrected chi connectivity index (χ2v) is 6.47. The molecule has 2 aliphatic rings. The average molecular weight is 302 g/mol. The van der Waals surface area contributed by atoms with E-state index in [1.165, 1.54) is 17.5 Å². The van der Waals surface area contributed by atoms with Gasteiger partial charge < -0.3 is 9.64 Å².